The van der Waals surface area contributed by atoms with Gasteiger partial charge in [0.1, 0.15) is 0 Å². The van der Waals surface area contributed by atoms with E-state index in [1.54, 1.807) is 24.3 Å². The molecule has 126 valence electrons. The fourth-order valence-electron chi connectivity index (χ4n) is 2.82. The van der Waals surface area contributed by atoms with Gasteiger partial charge < -0.3 is 4.57 Å². The van der Waals surface area contributed by atoms with Gasteiger partial charge in [-0.25, -0.2) is 4.98 Å². The topological polar surface area (TPSA) is 17.8 Å². The Morgan fingerprint density at radius 3 is 2.33 bits per heavy atom. The molecule has 5 heteroatoms. The number of para-hydroxylation sites is 2. The highest BCUT2D eigenvalue weighted by Gasteiger charge is 2.37. The predicted octanol–water partition coefficient (Wildman–Crippen LogP) is 5.62. The molecule has 3 rings (SSSR count). The summed E-state index contributed by atoms with van der Waals surface area (Å²) in [5, 5.41) is 0. The Bertz CT molecular complexity index is 832. The van der Waals surface area contributed by atoms with Crippen LogP contribution in [0.15, 0.2) is 48.5 Å². The van der Waals surface area contributed by atoms with Crippen LogP contribution in [0.25, 0.3) is 11.0 Å². The van der Waals surface area contributed by atoms with E-state index in [0.717, 1.165) is 12.0 Å². The molecule has 0 N–H and O–H groups in total. The summed E-state index contributed by atoms with van der Waals surface area (Å²) in [4.78, 5) is 3.78. The van der Waals surface area contributed by atoms with E-state index in [-0.39, 0.29) is 6.54 Å². The molecule has 1 aromatic heterocycles. The molecular formula is C19H19F3N2. The van der Waals surface area contributed by atoms with E-state index in [9.17, 15) is 13.2 Å². The van der Waals surface area contributed by atoms with Crippen molar-refractivity contribution >= 4 is 11.0 Å². The Hall–Kier alpha value is -2.30. The summed E-state index contributed by atoms with van der Waals surface area (Å²) in [5.41, 5.74) is 2.89. The molecule has 0 radical (unpaired) electrons. The predicted molar refractivity (Wildman–Crippen MR) is 89.0 cm³/mol. The lowest BCUT2D eigenvalue weighted by atomic mass is 9.98. The monoisotopic (exact) mass is 332 g/mol. The first-order chi connectivity index (χ1) is 11.4. The lowest BCUT2D eigenvalue weighted by Gasteiger charge is -2.13. The second-order valence-corrected chi connectivity index (χ2v) is 6.06. The quantitative estimate of drug-likeness (QED) is 0.606. The summed E-state index contributed by atoms with van der Waals surface area (Å²) in [6.45, 7) is 4.40. The second-order valence-electron chi connectivity index (χ2n) is 6.06. The standard InChI is InChI=1S/C19H19F3N2/c1-3-13(2)15-10-8-14(9-11-15)12-24-17-7-5-4-6-16(17)23-18(24)19(20,21)22/h4-11,13H,3,12H2,1-2H3. The van der Waals surface area contributed by atoms with Crippen molar-refractivity contribution in [3.8, 4) is 0 Å². The van der Waals surface area contributed by atoms with Crippen molar-refractivity contribution in [2.45, 2.75) is 38.9 Å². The van der Waals surface area contributed by atoms with E-state index >= 15 is 0 Å². The Kier molecular flexibility index (Phi) is 4.35. The fourth-order valence-corrected chi connectivity index (χ4v) is 2.82. The molecule has 0 spiro atoms. The number of benzene rings is 2. The number of nitrogens with zero attached hydrogens (tertiary/aromatic N) is 2. The zero-order valence-corrected chi connectivity index (χ0v) is 13.6. The highest BCUT2D eigenvalue weighted by atomic mass is 19.4. The van der Waals surface area contributed by atoms with Crippen LogP contribution in [0, 0.1) is 0 Å². The number of aromatic nitrogens is 2. The summed E-state index contributed by atoms with van der Waals surface area (Å²) in [6.07, 6.45) is -3.45. The molecule has 3 aromatic rings. The average Bonchev–Trinajstić information content (AvgIpc) is 2.94. The van der Waals surface area contributed by atoms with Crippen LogP contribution >= 0.6 is 0 Å². The third-order valence-corrected chi connectivity index (χ3v) is 4.41. The lowest BCUT2D eigenvalue weighted by molar-refractivity contribution is -0.146. The number of rotatable bonds is 4. The van der Waals surface area contributed by atoms with Crippen LogP contribution in [-0.4, -0.2) is 9.55 Å². The molecule has 1 atom stereocenters. The third kappa shape index (κ3) is 3.16. The number of imidazole rings is 1. The van der Waals surface area contributed by atoms with Crippen molar-refractivity contribution in [1.29, 1.82) is 0 Å². The maximum Gasteiger partial charge on any atom is 0.449 e. The van der Waals surface area contributed by atoms with E-state index in [1.165, 1.54) is 10.1 Å². The van der Waals surface area contributed by atoms with Crippen molar-refractivity contribution in [2.24, 2.45) is 0 Å². The van der Waals surface area contributed by atoms with Crippen molar-refractivity contribution < 1.29 is 13.2 Å². The Morgan fingerprint density at radius 2 is 1.71 bits per heavy atom. The number of hydrogen-bond donors (Lipinski definition) is 0. The fraction of sp³-hybridized carbons (Fsp3) is 0.316. The van der Waals surface area contributed by atoms with Gasteiger partial charge in [0.15, 0.2) is 0 Å². The summed E-state index contributed by atoms with van der Waals surface area (Å²) in [5.74, 6) is -0.409. The molecule has 24 heavy (non-hydrogen) atoms. The van der Waals surface area contributed by atoms with Crippen molar-refractivity contribution in [3.05, 3.63) is 65.5 Å². The molecule has 0 saturated carbocycles. The molecule has 0 fully saturated rings. The first-order valence-corrected chi connectivity index (χ1v) is 8.01. The van der Waals surface area contributed by atoms with Crippen LogP contribution in [0.4, 0.5) is 13.2 Å². The molecule has 0 bridgehead atoms. The van der Waals surface area contributed by atoms with E-state index in [0.29, 0.717) is 17.0 Å². The maximum atomic E-state index is 13.3. The highest BCUT2D eigenvalue weighted by molar-refractivity contribution is 5.76. The molecule has 0 aliphatic heterocycles. The number of halogens is 3. The van der Waals surface area contributed by atoms with Crippen molar-refractivity contribution in [3.63, 3.8) is 0 Å². The van der Waals surface area contributed by atoms with E-state index in [1.807, 2.05) is 24.3 Å². The van der Waals surface area contributed by atoms with Gasteiger partial charge in [-0.15, -0.1) is 0 Å². The summed E-state index contributed by atoms with van der Waals surface area (Å²) in [7, 11) is 0. The molecule has 0 saturated heterocycles. The number of fused-ring (bicyclic) bond motifs is 1. The minimum atomic E-state index is -4.48. The summed E-state index contributed by atoms with van der Waals surface area (Å²) in [6, 6.07) is 14.5. The molecule has 0 aliphatic carbocycles. The largest absolute Gasteiger partial charge is 0.449 e. The van der Waals surface area contributed by atoms with Crippen LogP contribution in [-0.2, 0) is 12.7 Å². The van der Waals surface area contributed by atoms with Crippen molar-refractivity contribution in [1.82, 2.24) is 9.55 Å². The Balaban J connectivity index is 2.00. The van der Waals surface area contributed by atoms with Crippen LogP contribution < -0.4 is 0 Å². The molecule has 0 amide bonds. The van der Waals surface area contributed by atoms with Gasteiger partial charge in [0.05, 0.1) is 11.0 Å². The van der Waals surface area contributed by atoms with Crippen LogP contribution in [0.5, 0.6) is 0 Å². The van der Waals surface area contributed by atoms with Crippen LogP contribution in [0.2, 0.25) is 0 Å². The van der Waals surface area contributed by atoms with Gasteiger partial charge in [-0.2, -0.15) is 13.2 Å². The van der Waals surface area contributed by atoms with E-state index in [4.69, 9.17) is 0 Å². The summed E-state index contributed by atoms with van der Waals surface area (Å²) < 4.78 is 41.2. The van der Waals surface area contributed by atoms with Gasteiger partial charge in [-0.1, -0.05) is 50.2 Å². The minimum Gasteiger partial charge on any atom is -0.316 e. The first-order valence-electron chi connectivity index (χ1n) is 8.01. The van der Waals surface area contributed by atoms with Crippen LogP contribution in [0.3, 0.4) is 0 Å². The Labute approximate surface area is 138 Å². The number of hydrogen-bond acceptors (Lipinski definition) is 1. The molecule has 0 aliphatic rings. The third-order valence-electron chi connectivity index (χ3n) is 4.41. The molecule has 2 nitrogen and oxygen atoms in total. The Morgan fingerprint density at radius 1 is 1.04 bits per heavy atom. The van der Waals surface area contributed by atoms with Crippen molar-refractivity contribution in [2.75, 3.05) is 0 Å². The van der Waals surface area contributed by atoms with Gasteiger partial charge in [0.25, 0.3) is 0 Å². The first kappa shape index (κ1) is 16.6. The van der Waals surface area contributed by atoms with Gasteiger partial charge in [-0.3, -0.25) is 0 Å². The van der Waals surface area contributed by atoms with Crippen LogP contribution in [0.1, 0.15) is 43.1 Å². The molecule has 2 aromatic carbocycles. The van der Waals surface area contributed by atoms with Gasteiger partial charge in [-0.05, 0) is 35.6 Å². The van der Waals surface area contributed by atoms with Gasteiger partial charge in [0, 0.05) is 6.54 Å². The zero-order chi connectivity index (χ0) is 17.3. The van der Waals surface area contributed by atoms with E-state index in [2.05, 4.69) is 18.8 Å². The lowest BCUT2D eigenvalue weighted by Crippen LogP contribution is -2.15. The maximum absolute atomic E-state index is 13.3. The molecular weight excluding hydrogens is 313 g/mol. The highest BCUT2D eigenvalue weighted by Crippen LogP contribution is 2.32. The zero-order valence-electron chi connectivity index (χ0n) is 13.6. The van der Waals surface area contributed by atoms with Gasteiger partial charge >= 0.3 is 6.18 Å². The summed E-state index contributed by atoms with van der Waals surface area (Å²) >= 11 is 0. The van der Waals surface area contributed by atoms with Gasteiger partial charge in [0.2, 0.25) is 5.82 Å². The van der Waals surface area contributed by atoms with E-state index < -0.39 is 12.0 Å². The minimum absolute atomic E-state index is 0.149. The average molecular weight is 332 g/mol. The SMILES string of the molecule is CCC(C)c1ccc(Cn2c(C(F)(F)F)nc3ccccc32)cc1. The normalized spacial score (nSPS) is 13.4. The molecule has 1 heterocycles. The number of alkyl halides is 3. The smallest absolute Gasteiger partial charge is 0.316 e. The molecule has 1 unspecified atom stereocenters. The second kappa shape index (κ2) is 6.30.